The average Bonchev–Trinajstić information content (AvgIpc) is 2.72. The SMILES string of the molecule is c1ccc(CCNc2ncn[nH]2)cc1. The molecule has 0 spiro atoms. The van der Waals surface area contributed by atoms with E-state index >= 15 is 0 Å². The standard InChI is InChI=1S/C10H12N4/c1-2-4-9(5-3-1)6-7-11-10-12-8-13-14-10/h1-5,8H,6-7H2,(H2,11,12,13,14). The number of rotatable bonds is 4. The van der Waals surface area contributed by atoms with Gasteiger partial charge in [-0.3, -0.25) is 0 Å². The molecule has 72 valence electrons. The molecule has 1 aromatic heterocycles. The fraction of sp³-hybridized carbons (Fsp3) is 0.200. The van der Waals surface area contributed by atoms with Crippen LogP contribution in [0.3, 0.4) is 0 Å². The molecule has 1 aromatic carbocycles. The molecule has 0 amide bonds. The average molecular weight is 188 g/mol. The summed E-state index contributed by atoms with van der Waals surface area (Å²) in [6.45, 7) is 0.860. The lowest BCUT2D eigenvalue weighted by Gasteiger charge is -2.01. The smallest absolute Gasteiger partial charge is 0.218 e. The maximum atomic E-state index is 3.97. The Morgan fingerprint density at radius 1 is 1.21 bits per heavy atom. The minimum Gasteiger partial charge on any atom is -0.354 e. The highest BCUT2D eigenvalue weighted by Gasteiger charge is 1.94. The molecule has 0 aliphatic carbocycles. The Bertz CT molecular complexity index is 355. The zero-order valence-corrected chi connectivity index (χ0v) is 7.77. The van der Waals surface area contributed by atoms with Crippen LogP contribution in [0.5, 0.6) is 0 Å². The van der Waals surface area contributed by atoms with Gasteiger partial charge in [0.05, 0.1) is 0 Å². The van der Waals surface area contributed by atoms with Gasteiger partial charge < -0.3 is 5.32 Å². The number of hydrogen-bond acceptors (Lipinski definition) is 3. The molecule has 1 heterocycles. The first kappa shape index (κ1) is 8.74. The predicted molar refractivity (Wildman–Crippen MR) is 55.0 cm³/mol. The summed E-state index contributed by atoms with van der Waals surface area (Å²) >= 11 is 0. The minimum absolute atomic E-state index is 0.723. The molecule has 0 unspecified atom stereocenters. The highest BCUT2D eigenvalue weighted by molar-refractivity contribution is 5.22. The van der Waals surface area contributed by atoms with Crippen molar-refractivity contribution >= 4 is 5.95 Å². The number of aromatic amines is 1. The zero-order valence-electron chi connectivity index (χ0n) is 7.77. The highest BCUT2D eigenvalue weighted by Crippen LogP contribution is 2.00. The Morgan fingerprint density at radius 3 is 2.79 bits per heavy atom. The van der Waals surface area contributed by atoms with Gasteiger partial charge in [-0.15, -0.1) is 0 Å². The molecule has 2 aromatic rings. The summed E-state index contributed by atoms with van der Waals surface area (Å²) in [5, 5.41) is 9.64. The van der Waals surface area contributed by atoms with Gasteiger partial charge in [0.1, 0.15) is 6.33 Å². The third kappa shape index (κ3) is 2.32. The van der Waals surface area contributed by atoms with E-state index in [4.69, 9.17) is 0 Å². The fourth-order valence-electron chi connectivity index (χ4n) is 1.26. The van der Waals surface area contributed by atoms with Gasteiger partial charge in [0.2, 0.25) is 5.95 Å². The molecule has 4 nitrogen and oxygen atoms in total. The third-order valence-corrected chi connectivity index (χ3v) is 1.96. The van der Waals surface area contributed by atoms with Gasteiger partial charge in [-0.25, -0.2) is 10.1 Å². The van der Waals surface area contributed by atoms with Crippen molar-refractivity contribution in [2.45, 2.75) is 6.42 Å². The van der Waals surface area contributed by atoms with Crippen molar-refractivity contribution in [1.82, 2.24) is 15.2 Å². The van der Waals surface area contributed by atoms with Gasteiger partial charge >= 0.3 is 0 Å². The van der Waals surface area contributed by atoms with Crippen LogP contribution in [0.2, 0.25) is 0 Å². The van der Waals surface area contributed by atoms with Crippen LogP contribution in [0.4, 0.5) is 5.95 Å². The van der Waals surface area contributed by atoms with E-state index in [0.29, 0.717) is 0 Å². The number of nitrogens with one attached hydrogen (secondary N) is 2. The lowest BCUT2D eigenvalue weighted by molar-refractivity contribution is 0.984. The molecule has 14 heavy (non-hydrogen) atoms. The number of aromatic nitrogens is 3. The predicted octanol–water partition coefficient (Wildman–Crippen LogP) is 1.46. The minimum atomic E-state index is 0.723. The van der Waals surface area contributed by atoms with E-state index in [-0.39, 0.29) is 0 Å². The second-order valence-electron chi connectivity index (χ2n) is 3.00. The molecule has 0 saturated heterocycles. The van der Waals surface area contributed by atoms with Crippen molar-refractivity contribution < 1.29 is 0 Å². The lowest BCUT2D eigenvalue weighted by atomic mass is 10.1. The summed E-state index contributed by atoms with van der Waals surface area (Å²) in [5.74, 6) is 0.723. The Hall–Kier alpha value is -1.84. The van der Waals surface area contributed by atoms with Gasteiger partial charge in [-0.1, -0.05) is 30.3 Å². The van der Waals surface area contributed by atoms with Gasteiger partial charge in [-0.05, 0) is 12.0 Å². The molecule has 0 bridgehead atoms. The molecule has 0 radical (unpaired) electrons. The quantitative estimate of drug-likeness (QED) is 0.763. The number of nitrogens with zero attached hydrogens (tertiary/aromatic N) is 2. The molecule has 2 N–H and O–H groups in total. The second-order valence-corrected chi connectivity index (χ2v) is 3.00. The van der Waals surface area contributed by atoms with Crippen LogP contribution in [0.1, 0.15) is 5.56 Å². The summed E-state index contributed by atoms with van der Waals surface area (Å²) in [6.07, 6.45) is 2.48. The van der Waals surface area contributed by atoms with Crippen LogP contribution in [0, 0.1) is 0 Å². The monoisotopic (exact) mass is 188 g/mol. The van der Waals surface area contributed by atoms with Crippen molar-refractivity contribution in [3.8, 4) is 0 Å². The van der Waals surface area contributed by atoms with E-state index < -0.39 is 0 Å². The van der Waals surface area contributed by atoms with Crippen molar-refractivity contribution in [3.05, 3.63) is 42.2 Å². The molecule has 4 heteroatoms. The van der Waals surface area contributed by atoms with E-state index in [1.165, 1.54) is 11.9 Å². The molecule has 0 aliphatic rings. The van der Waals surface area contributed by atoms with Crippen molar-refractivity contribution in [3.63, 3.8) is 0 Å². The largest absolute Gasteiger partial charge is 0.354 e. The topological polar surface area (TPSA) is 53.6 Å². The summed E-state index contributed by atoms with van der Waals surface area (Å²) < 4.78 is 0. The first-order valence-electron chi connectivity index (χ1n) is 4.58. The summed E-state index contributed by atoms with van der Waals surface area (Å²) in [7, 11) is 0. The number of hydrogen-bond donors (Lipinski definition) is 2. The third-order valence-electron chi connectivity index (χ3n) is 1.96. The van der Waals surface area contributed by atoms with Crippen LogP contribution >= 0.6 is 0 Å². The Balaban J connectivity index is 1.79. The van der Waals surface area contributed by atoms with Gasteiger partial charge in [-0.2, -0.15) is 5.10 Å². The van der Waals surface area contributed by atoms with E-state index in [9.17, 15) is 0 Å². The van der Waals surface area contributed by atoms with Gasteiger partial charge in [0, 0.05) is 6.54 Å². The first-order valence-corrected chi connectivity index (χ1v) is 4.58. The van der Waals surface area contributed by atoms with Gasteiger partial charge in [0.25, 0.3) is 0 Å². The van der Waals surface area contributed by atoms with Crippen molar-refractivity contribution in [1.29, 1.82) is 0 Å². The molecule has 0 atom stereocenters. The summed E-state index contributed by atoms with van der Waals surface area (Å²) in [6, 6.07) is 10.3. The second kappa shape index (κ2) is 4.41. The normalized spacial score (nSPS) is 10.0. The maximum absolute atomic E-state index is 3.97. The van der Waals surface area contributed by atoms with Crippen molar-refractivity contribution in [2.75, 3.05) is 11.9 Å². The van der Waals surface area contributed by atoms with Crippen LogP contribution in [0.25, 0.3) is 0 Å². The molecule has 0 fully saturated rings. The van der Waals surface area contributed by atoms with Gasteiger partial charge in [0.15, 0.2) is 0 Å². The molecule has 0 saturated carbocycles. The summed E-state index contributed by atoms with van der Waals surface area (Å²) in [5.41, 5.74) is 1.32. The van der Waals surface area contributed by atoms with E-state index in [2.05, 4.69) is 32.6 Å². The summed E-state index contributed by atoms with van der Waals surface area (Å²) in [4.78, 5) is 3.97. The number of H-pyrrole nitrogens is 1. The molecular formula is C10H12N4. The molecule has 2 rings (SSSR count). The maximum Gasteiger partial charge on any atom is 0.218 e. The van der Waals surface area contributed by atoms with E-state index in [0.717, 1.165) is 18.9 Å². The zero-order chi connectivity index (χ0) is 9.64. The van der Waals surface area contributed by atoms with Crippen LogP contribution in [-0.2, 0) is 6.42 Å². The lowest BCUT2D eigenvalue weighted by Crippen LogP contribution is -2.05. The molecular weight excluding hydrogens is 176 g/mol. The van der Waals surface area contributed by atoms with Crippen LogP contribution < -0.4 is 5.32 Å². The Morgan fingerprint density at radius 2 is 2.07 bits per heavy atom. The number of benzene rings is 1. The first-order chi connectivity index (χ1) is 6.95. The fourth-order valence-corrected chi connectivity index (χ4v) is 1.26. The van der Waals surface area contributed by atoms with Crippen LogP contribution in [0.15, 0.2) is 36.7 Å². The Labute approximate surface area is 82.4 Å². The number of anilines is 1. The Kier molecular flexibility index (Phi) is 2.76. The van der Waals surface area contributed by atoms with Crippen molar-refractivity contribution in [2.24, 2.45) is 0 Å². The van der Waals surface area contributed by atoms with E-state index in [1.807, 2.05) is 18.2 Å². The highest BCUT2D eigenvalue weighted by atomic mass is 15.3. The van der Waals surface area contributed by atoms with Crippen LogP contribution in [-0.4, -0.2) is 21.7 Å². The van der Waals surface area contributed by atoms with E-state index in [1.54, 1.807) is 0 Å². The molecule has 0 aliphatic heterocycles.